The summed E-state index contributed by atoms with van der Waals surface area (Å²) in [4.78, 5) is -3.06. The summed E-state index contributed by atoms with van der Waals surface area (Å²) in [5.74, 6) is 0. The Morgan fingerprint density at radius 3 is 1.27 bits per heavy atom. The van der Waals surface area contributed by atoms with Crippen molar-refractivity contribution in [1.82, 2.24) is 0 Å². The minimum absolute atomic E-state index is 0.0880. The van der Waals surface area contributed by atoms with Crippen LogP contribution in [0.1, 0.15) is 33.4 Å². The molecule has 0 unspecified atom stereocenters. The van der Waals surface area contributed by atoms with Gasteiger partial charge in [0.25, 0.3) is 0 Å². The van der Waals surface area contributed by atoms with Gasteiger partial charge in [0.05, 0.1) is 22.3 Å². The number of rotatable bonds is 2. The van der Waals surface area contributed by atoms with Crippen molar-refractivity contribution in [1.29, 1.82) is 21.0 Å². The molecule has 126 valence electrons. The van der Waals surface area contributed by atoms with Crippen LogP contribution in [0.15, 0.2) is 36.4 Å². The smallest absolute Gasteiger partial charge is 0.192 e. The molecule has 0 saturated carbocycles. The second kappa shape index (κ2) is 6.77. The molecule has 0 aliphatic carbocycles. The maximum absolute atomic E-state index is 13.9. The van der Waals surface area contributed by atoms with Gasteiger partial charge in [-0.3, -0.25) is 0 Å². The third-order valence-electron chi connectivity index (χ3n) is 3.71. The fraction of sp³-hybridized carbons (Fsp3) is 0.111. The van der Waals surface area contributed by atoms with Gasteiger partial charge in [-0.05, 0) is 35.4 Å². The maximum atomic E-state index is 13.9. The van der Waals surface area contributed by atoms with Crippen LogP contribution in [-0.2, 0) is 4.87 Å². The van der Waals surface area contributed by atoms with Crippen molar-refractivity contribution in [3.8, 4) is 24.3 Å². The van der Waals surface area contributed by atoms with Gasteiger partial charge in [-0.1, -0.05) is 23.7 Å². The van der Waals surface area contributed by atoms with Crippen LogP contribution in [0.25, 0.3) is 0 Å². The Balaban J connectivity index is 2.82. The molecule has 0 amide bonds. The molecule has 0 aliphatic rings. The summed E-state index contributed by atoms with van der Waals surface area (Å²) in [6.45, 7) is 0. The summed E-state index contributed by atoms with van der Waals surface area (Å²) in [6.07, 6.45) is -4.99. The third-order valence-corrected chi connectivity index (χ3v) is 4.36. The van der Waals surface area contributed by atoms with E-state index in [0.717, 1.165) is 36.4 Å². The van der Waals surface area contributed by atoms with Gasteiger partial charge in [0.2, 0.25) is 0 Å². The largest absolute Gasteiger partial charge is 0.415 e. The molecule has 0 aliphatic heterocycles. The fourth-order valence-electron chi connectivity index (χ4n) is 2.39. The molecule has 2 rings (SSSR count). The lowest BCUT2D eigenvalue weighted by molar-refractivity contribution is -0.154. The van der Waals surface area contributed by atoms with Gasteiger partial charge in [-0.25, -0.2) is 0 Å². The zero-order chi connectivity index (χ0) is 19.5. The van der Waals surface area contributed by atoms with Crippen molar-refractivity contribution in [2.45, 2.75) is 11.1 Å². The van der Waals surface area contributed by atoms with Crippen molar-refractivity contribution < 1.29 is 13.2 Å². The second-order valence-electron chi connectivity index (χ2n) is 5.12. The van der Waals surface area contributed by atoms with E-state index < -0.39 is 22.2 Å². The average molecular weight is 371 g/mol. The summed E-state index contributed by atoms with van der Waals surface area (Å²) in [6, 6.07) is 12.7. The summed E-state index contributed by atoms with van der Waals surface area (Å²) >= 11 is 6.01. The van der Waals surface area contributed by atoms with Gasteiger partial charge in [-0.2, -0.15) is 34.2 Å². The first-order valence-corrected chi connectivity index (χ1v) is 7.25. The highest BCUT2D eigenvalue weighted by molar-refractivity contribution is 6.26. The highest BCUT2D eigenvalue weighted by atomic mass is 35.5. The van der Waals surface area contributed by atoms with Crippen molar-refractivity contribution in [3.63, 3.8) is 0 Å². The number of hydrogen-bond donors (Lipinski definition) is 0. The molecule has 0 spiro atoms. The normalized spacial score (nSPS) is 10.9. The van der Waals surface area contributed by atoms with Crippen molar-refractivity contribution in [2.24, 2.45) is 0 Å². The van der Waals surface area contributed by atoms with E-state index in [9.17, 15) is 13.2 Å². The van der Waals surface area contributed by atoms with E-state index in [-0.39, 0.29) is 22.3 Å². The first-order valence-electron chi connectivity index (χ1n) is 6.88. The molecule has 2 aromatic carbocycles. The van der Waals surface area contributed by atoms with Gasteiger partial charge < -0.3 is 0 Å². The van der Waals surface area contributed by atoms with Crippen LogP contribution in [-0.4, -0.2) is 6.18 Å². The fourth-order valence-corrected chi connectivity index (χ4v) is 2.63. The quantitative estimate of drug-likeness (QED) is 0.739. The summed E-state index contributed by atoms with van der Waals surface area (Å²) in [7, 11) is 0. The second-order valence-corrected chi connectivity index (χ2v) is 5.69. The Labute approximate surface area is 151 Å². The topological polar surface area (TPSA) is 95.2 Å². The molecule has 0 radical (unpaired) electrons. The van der Waals surface area contributed by atoms with Gasteiger partial charge in [-0.15, -0.1) is 0 Å². The Kier molecular flexibility index (Phi) is 4.90. The zero-order valence-electron chi connectivity index (χ0n) is 12.8. The van der Waals surface area contributed by atoms with E-state index in [1.54, 1.807) is 24.3 Å². The maximum Gasteiger partial charge on any atom is 0.415 e. The molecule has 8 heteroatoms. The number of nitrogens with zero attached hydrogens (tertiary/aromatic N) is 4. The number of benzene rings is 2. The summed E-state index contributed by atoms with van der Waals surface area (Å²) < 4.78 is 41.7. The number of nitriles is 4. The minimum atomic E-state index is -4.99. The third kappa shape index (κ3) is 2.93. The molecule has 0 aromatic heterocycles. The van der Waals surface area contributed by atoms with Crippen LogP contribution in [0, 0.1) is 45.3 Å². The Bertz CT molecular complexity index is 971. The summed E-state index contributed by atoms with van der Waals surface area (Å²) in [5, 5.41) is 36.0. The van der Waals surface area contributed by atoms with Gasteiger partial charge in [0.15, 0.2) is 4.87 Å². The van der Waals surface area contributed by atoms with Crippen molar-refractivity contribution in [3.05, 3.63) is 69.8 Å². The molecule has 0 fully saturated rings. The predicted octanol–water partition coefficient (Wildman–Crippen LogP) is 4.22. The lowest BCUT2D eigenvalue weighted by Gasteiger charge is -2.31. The Morgan fingerprint density at radius 2 is 1.00 bits per heavy atom. The van der Waals surface area contributed by atoms with E-state index in [4.69, 9.17) is 32.6 Å². The minimum Gasteiger partial charge on any atom is -0.192 e. The van der Waals surface area contributed by atoms with Crippen LogP contribution in [0.5, 0.6) is 0 Å². The van der Waals surface area contributed by atoms with Crippen molar-refractivity contribution in [2.75, 3.05) is 0 Å². The van der Waals surface area contributed by atoms with Crippen molar-refractivity contribution >= 4 is 11.6 Å². The number of hydrogen-bond acceptors (Lipinski definition) is 4. The van der Waals surface area contributed by atoms with Crippen LogP contribution < -0.4 is 0 Å². The van der Waals surface area contributed by atoms with Crippen LogP contribution in [0.2, 0.25) is 0 Å². The predicted molar refractivity (Wildman–Crippen MR) is 84.4 cm³/mol. The van der Waals surface area contributed by atoms with Crippen LogP contribution in [0.4, 0.5) is 13.2 Å². The molecule has 26 heavy (non-hydrogen) atoms. The van der Waals surface area contributed by atoms with Gasteiger partial charge >= 0.3 is 6.18 Å². The molecule has 0 atom stereocenters. The molecule has 0 bridgehead atoms. The Morgan fingerprint density at radius 1 is 0.654 bits per heavy atom. The molecular formula is C18H6ClF3N4. The molecule has 0 heterocycles. The highest BCUT2D eigenvalue weighted by Crippen LogP contribution is 2.50. The molecular weight excluding hydrogens is 365 g/mol. The van der Waals surface area contributed by atoms with E-state index >= 15 is 0 Å². The number of alkyl halides is 4. The first kappa shape index (κ1) is 18.8. The van der Waals surface area contributed by atoms with E-state index in [2.05, 4.69) is 0 Å². The number of halogens is 4. The molecule has 0 N–H and O–H groups in total. The Hall–Kier alpha value is -3.52. The lowest BCUT2D eigenvalue weighted by Crippen LogP contribution is -2.38. The summed E-state index contributed by atoms with van der Waals surface area (Å²) in [5.41, 5.74) is -1.64. The lowest BCUT2D eigenvalue weighted by atomic mass is 9.86. The average Bonchev–Trinajstić information content (AvgIpc) is 2.65. The highest BCUT2D eigenvalue weighted by Gasteiger charge is 2.56. The monoisotopic (exact) mass is 370 g/mol. The van der Waals surface area contributed by atoms with Gasteiger partial charge in [0, 0.05) is 0 Å². The molecule has 0 saturated heterocycles. The first-order chi connectivity index (χ1) is 12.2. The van der Waals surface area contributed by atoms with Crippen LogP contribution in [0.3, 0.4) is 0 Å². The molecule has 2 aromatic rings. The van der Waals surface area contributed by atoms with E-state index in [1.165, 1.54) is 0 Å². The van der Waals surface area contributed by atoms with E-state index in [1.807, 2.05) is 0 Å². The standard InChI is InChI=1S/C18H6ClF3N4/c19-17(18(20,21)22,15-3-1-11(7-23)13(5-15)9-25)16-4-2-12(8-24)14(6-16)10-26/h1-6H. The van der Waals surface area contributed by atoms with Crippen LogP contribution >= 0.6 is 11.6 Å². The zero-order valence-corrected chi connectivity index (χ0v) is 13.5. The van der Waals surface area contributed by atoms with E-state index in [0.29, 0.717) is 0 Å². The molecule has 4 nitrogen and oxygen atoms in total. The SMILES string of the molecule is N#Cc1ccc(C(Cl)(c2ccc(C#N)c(C#N)c2)C(F)(F)F)cc1C#N. The van der Waals surface area contributed by atoms with Gasteiger partial charge in [0.1, 0.15) is 24.3 Å².